The Balaban J connectivity index is 2.59. The van der Waals surface area contributed by atoms with Gasteiger partial charge >= 0.3 is 0 Å². The maximum absolute atomic E-state index is 9.03. The Kier molecular flexibility index (Phi) is 4.53. The van der Waals surface area contributed by atoms with Gasteiger partial charge in [-0.1, -0.05) is 12.1 Å². The van der Waals surface area contributed by atoms with Crippen LogP contribution < -0.4 is 4.74 Å². The van der Waals surface area contributed by atoms with Crippen molar-refractivity contribution in [1.29, 1.82) is 5.26 Å². The van der Waals surface area contributed by atoms with E-state index in [1.54, 1.807) is 7.11 Å². The monoisotopic (exact) mass is 232 g/mol. The Hall–Kier alpha value is -1.53. The molecule has 0 aliphatic carbocycles. The van der Waals surface area contributed by atoms with Crippen molar-refractivity contribution in [2.24, 2.45) is 0 Å². The molecule has 0 unspecified atom stereocenters. The smallest absolute Gasteiger partial charge is 0.119 e. The van der Waals surface area contributed by atoms with Gasteiger partial charge in [0.25, 0.3) is 0 Å². The molecule has 0 heterocycles. The maximum atomic E-state index is 9.03. The topological polar surface area (TPSA) is 36.3 Å². The van der Waals surface area contributed by atoms with Crippen LogP contribution in [0.1, 0.15) is 19.4 Å². The second kappa shape index (κ2) is 5.70. The van der Waals surface area contributed by atoms with E-state index in [0.717, 1.165) is 18.7 Å². The normalized spacial score (nSPS) is 11.3. The van der Waals surface area contributed by atoms with E-state index >= 15 is 0 Å². The van der Waals surface area contributed by atoms with Crippen LogP contribution in [-0.4, -0.2) is 31.1 Å². The predicted octanol–water partition coefficient (Wildman–Crippen LogP) is 2.47. The first-order chi connectivity index (χ1) is 7.99. The molecular weight excluding hydrogens is 212 g/mol. The Morgan fingerprint density at radius 2 is 2.12 bits per heavy atom. The first kappa shape index (κ1) is 13.5. The lowest BCUT2D eigenvalue weighted by atomic mass is 10.0. The standard InChI is InChI=1S/C14H20N2O/c1-14(2,11-15)16(3)9-8-12-6-5-7-13(10-12)17-4/h5-7,10H,8-9H2,1-4H3. The Labute approximate surface area is 104 Å². The minimum absolute atomic E-state index is 0.418. The molecule has 0 aliphatic heterocycles. The van der Waals surface area contributed by atoms with Crippen molar-refractivity contribution in [2.45, 2.75) is 25.8 Å². The SMILES string of the molecule is COc1cccc(CCN(C)C(C)(C)C#N)c1. The van der Waals surface area contributed by atoms with Crippen molar-refractivity contribution in [3.63, 3.8) is 0 Å². The lowest BCUT2D eigenvalue weighted by Gasteiger charge is -2.28. The van der Waals surface area contributed by atoms with Gasteiger partial charge in [-0.05, 0) is 45.0 Å². The molecule has 3 nitrogen and oxygen atoms in total. The van der Waals surface area contributed by atoms with Gasteiger partial charge in [0.2, 0.25) is 0 Å². The minimum Gasteiger partial charge on any atom is -0.497 e. The molecule has 0 fully saturated rings. The first-order valence-corrected chi connectivity index (χ1v) is 5.75. The second-order valence-electron chi connectivity index (χ2n) is 4.69. The van der Waals surface area contributed by atoms with Gasteiger partial charge in [-0.2, -0.15) is 5.26 Å². The molecule has 0 N–H and O–H groups in total. The largest absolute Gasteiger partial charge is 0.497 e. The van der Waals surface area contributed by atoms with Crippen molar-refractivity contribution < 1.29 is 4.74 Å². The third-order valence-corrected chi connectivity index (χ3v) is 3.10. The quantitative estimate of drug-likeness (QED) is 0.782. The number of benzene rings is 1. The number of likely N-dealkylation sites (N-methyl/N-ethyl adjacent to an activating group) is 1. The number of methoxy groups -OCH3 is 1. The summed E-state index contributed by atoms with van der Waals surface area (Å²) < 4.78 is 5.18. The molecule has 0 spiro atoms. The molecule has 92 valence electrons. The van der Waals surface area contributed by atoms with E-state index in [0.29, 0.717) is 0 Å². The number of rotatable bonds is 5. The highest BCUT2D eigenvalue weighted by Gasteiger charge is 2.22. The molecule has 3 heteroatoms. The highest BCUT2D eigenvalue weighted by Crippen LogP contribution is 2.15. The van der Waals surface area contributed by atoms with Gasteiger partial charge in [0.05, 0.1) is 13.2 Å². The number of ether oxygens (including phenoxy) is 1. The third-order valence-electron chi connectivity index (χ3n) is 3.10. The molecule has 0 aromatic heterocycles. The van der Waals surface area contributed by atoms with E-state index in [9.17, 15) is 0 Å². The van der Waals surface area contributed by atoms with Crippen LogP contribution in [0.15, 0.2) is 24.3 Å². The molecule has 0 aliphatic rings. The summed E-state index contributed by atoms with van der Waals surface area (Å²) in [5, 5.41) is 9.03. The van der Waals surface area contributed by atoms with E-state index in [1.807, 2.05) is 39.1 Å². The zero-order valence-electron chi connectivity index (χ0n) is 11.0. The van der Waals surface area contributed by atoms with Crippen molar-refractivity contribution in [1.82, 2.24) is 4.90 Å². The van der Waals surface area contributed by atoms with Crippen LogP contribution in [0.4, 0.5) is 0 Å². The lowest BCUT2D eigenvalue weighted by Crippen LogP contribution is -2.40. The number of nitrogens with zero attached hydrogens (tertiary/aromatic N) is 2. The van der Waals surface area contributed by atoms with Crippen LogP contribution in [0, 0.1) is 11.3 Å². The van der Waals surface area contributed by atoms with Crippen LogP contribution in [0.25, 0.3) is 0 Å². The summed E-state index contributed by atoms with van der Waals surface area (Å²) in [7, 11) is 3.65. The van der Waals surface area contributed by atoms with Crippen LogP contribution in [0.5, 0.6) is 5.75 Å². The summed E-state index contributed by atoms with van der Waals surface area (Å²) in [5.74, 6) is 0.879. The zero-order valence-corrected chi connectivity index (χ0v) is 11.0. The van der Waals surface area contributed by atoms with Gasteiger partial charge in [0.1, 0.15) is 11.3 Å². The summed E-state index contributed by atoms with van der Waals surface area (Å²) in [5.41, 5.74) is 0.809. The van der Waals surface area contributed by atoms with Crippen LogP contribution in [0.2, 0.25) is 0 Å². The van der Waals surface area contributed by atoms with E-state index in [2.05, 4.69) is 17.0 Å². The average molecular weight is 232 g/mol. The van der Waals surface area contributed by atoms with Gasteiger partial charge in [-0.25, -0.2) is 0 Å². The van der Waals surface area contributed by atoms with Gasteiger partial charge < -0.3 is 4.74 Å². The second-order valence-corrected chi connectivity index (χ2v) is 4.69. The van der Waals surface area contributed by atoms with Crippen molar-refractivity contribution in [3.8, 4) is 11.8 Å². The summed E-state index contributed by atoms with van der Waals surface area (Å²) >= 11 is 0. The molecule has 1 aromatic carbocycles. The molecule has 0 saturated carbocycles. The Morgan fingerprint density at radius 3 is 2.71 bits per heavy atom. The van der Waals surface area contributed by atoms with E-state index in [4.69, 9.17) is 10.00 Å². The molecule has 0 atom stereocenters. The molecule has 1 aromatic rings. The summed E-state index contributed by atoms with van der Waals surface area (Å²) in [6.45, 7) is 4.71. The predicted molar refractivity (Wildman–Crippen MR) is 69.0 cm³/mol. The molecule has 17 heavy (non-hydrogen) atoms. The lowest BCUT2D eigenvalue weighted by molar-refractivity contribution is 0.214. The number of hydrogen-bond donors (Lipinski definition) is 0. The van der Waals surface area contributed by atoms with Crippen molar-refractivity contribution in [2.75, 3.05) is 20.7 Å². The molecule has 0 amide bonds. The molecule has 1 rings (SSSR count). The summed E-state index contributed by atoms with van der Waals surface area (Å²) in [4.78, 5) is 2.06. The number of hydrogen-bond acceptors (Lipinski definition) is 3. The molecule has 0 bridgehead atoms. The van der Waals surface area contributed by atoms with Gasteiger partial charge in [0, 0.05) is 6.54 Å². The Bertz CT molecular complexity index is 407. The van der Waals surface area contributed by atoms with Gasteiger partial charge in [0.15, 0.2) is 0 Å². The Morgan fingerprint density at radius 1 is 1.41 bits per heavy atom. The zero-order chi connectivity index (χ0) is 12.9. The van der Waals surface area contributed by atoms with E-state index in [1.165, 1.54) is 5.56 Å². The van der Waals surface area contributed by atoms with Crippen molar-refractivity contribution >= 4 is 0 Å². The van der Waals surface area contributed by atoms with Crippen molar-refractivity contribution in [3.05, 3.63) is 29.8 Å². The first-order valence-electron chi connectivity index (χ1n) is 5.75. The average Bonchev–Trinajstić information content (AvgIpc) is 2.36. The van der Waals surface area contributed by atoms with Gasteiger partial charge in [-0.3, -0.25) is 4.90 Å². The van der Waals surface area contributed by atoms with Gasteiger partial charge in [-0.15, -0.1) is 0 Å². The highest BCUT2D eigenvalue weighted by atomic mass is 16.5. The fraction of sp³-hybridized carbons (Fsp3) is 0.500. The van der Waals surface area contributed by atoms with E-state index < -0.39 is 5.54 Å². The number of nitriles is 1. The molecule has 0 saturated heterocycles. The highest BCUT2D eigenvalue weighted by molar-refractivity contribution is 5.28. The fourth-order valence-electron chi connectivity index (χ4n) is 1.49. The fourth-order valence-corrected chi connectivity index (χ4v) is 1.49. The van der Waals surface area contributed by atoms with Crippen LogP contribution in [0.3, 0.4) is 0 Å². The van der Waals surface area contributed by atoms with Crippen LogP contribution in [-0.2, 0) is 6.42 Å². The summed E-state index contributed by atoms with van der Waals surface area (Å²) in [6.07, 6.45) is 0.915. The van der Waals surface area contributed by atoms with E-state index in [-0.39, 0.29) is 0 Å². The molecule has 0 radical (unpaired) electrons. The maximum Gasteiger partial charge on any atom is 0.119 e. The minimum atomic E-state index is -0.418. The third kappa shape index (κ3) is 3.76. The van der Waals surface area contributed by atoms with Crippen LogP contribution >= 0.6 is 0 Å². The summed E-state index contributed by atoms with van der Waals surface area (Å²) in [6, 6.07) is 10.3. The molecular formula is C14H20N2O.